The number of alkyl carbamates (subject to hydrolysis) is 1. The van der Waals surface area contributed by atoms with Gasteiger partial charge in [0.2, 0.25) is 5.91 Å². The van der Waals surface area contributed by atoms with Crippen LogP contribution in [0.1, 0.15) is 74.7 Å². The second-order valence-electron chi connectivity index (χ2n) is 9.47. The number of carbonyl (C=O) groups is 3. The molecule has 0 aromatic rings. The quantitative estimate of drug-likeness (QED) is 0.769. The minimum Gasteiger partial charge on any atom is -0.458 e. The number of hydrogen-bond donors (Lipinski definition) is 1. The fourth-order valence-corrected chi connectivity index (χ4v) is 2.78. The number of rotatable bonds is 4. The molecule has 1 unspecified atom stereocenters. The van der Waals surface area contributed by atoms with Crippen molar-refractivity contribution in [3.63, 3.8) is 0 Å². The van der Waals surface area contributed by atoms with Crippen molar-refractivity contribution in [2.45, 2.75) is 97.4 Å². The van der Waals surface area contributed by atoms with Crippen LogP contribution >= 0.6 is 0 Å². The van der Waals surface area contributed by atoms with Gasteiger partial charge in [0.15, 0.2) is 0 Å². The van der Waals surface area contributed by atoms with Gasteiger partial charge in [0.1, 0.15) is 17.2 Å². The van der Waals surface area contributed by atoms with Crippen LogP contribution in [0, 0.1) is 0 Å². The molecule has 1 N–H and O–H groups in total. The minimum absolute atomic E-state index is 0.0749. The van der Waals surface area contributed by atoms with Crippen LogP contribution in [-0.4, -0.2) is 52.2 Å². The molecule has 0 radical (unpaired) electrons. The van der Waals surface area contributed by atoms with E-state index in [9.17, 15) is 14.4 Å². The lowest BCUT2D eigenvalue weighted by atomic mass is 9.99. The standard InChI is InChI=1S/C19H34N2O5/c1-17(2,3)25-15(23)13-10-9-11-21(13)14(22)12-19(7,8)20-16(24)26-18(4,5)6/h13H,9-12H2,1-8H3,(H,20,24). The Morgan fingerprint density at radius 3 is 2.00 bits per heavy atom. The van der Waals surface area contributed by atoms with E-state index < -0.39 is 28.9 Å². The second kappa shape index (κ2) is 7.84. The van der Waals surface area contributed by atoms with Crippen LogP contribution in [0.2, 0.25) is 0 Å². The van der Waals surface area contributed by atoms with Gasteiger partial charge in [0.05, 0.1) is 0 Å². The lowest BCUT2D eigenvalue weighted by Gasteiger charge is -2.32. The van der Waals surface area contributed by atoms with E-state index in [1.807, 2.05) is 0 Å². The molecule has 1 rings (SSSR count). The molecule has 150 valence electrons. The summed E-state index contributed by atoms with van der Waals surface area (Å²) in [6.45, 7) is 14.8. The molecule has 0 aromatic carbocycles. The molecule has 2 amide bonds. The van der Waals surface area contributed by atoms with Crippen LogP contribution in [-0.2, 0) is 19.1 Å². The highest BCUT2D eigenvalue weighted by molar-refractivity contribution is 5.86. The Bertz CT molecular complexity index is 543. The predicted molar refractivity (Wildman–Crippen MR) is 98.6 cm³/mol. The van der Waals surface area contributed by atoms with Crippen LogP contribution < -0.4 is 5.32 Å². The highest BCUT2D eigenvalue weighted by Crippen LogP contribution is 2.24. The van der Waals surface area contributed by atoms with Crippen LogP contribution in [0.15, 0.2) is 0 Å². The monoisotopic (exact) mass is 370 g/mol. The number of nitrogens with one attached hydrogen (secondary N) is 1. The van der Waals surface area contributed by atoms with E-state index in [4.69, 9.17) is 9.47 Å². The number of amides is 2. The lowest BCUT2D eigenvalue weighted by molar-refractivity contribution is -0.163. The van der Waals surface area contributed by atoms with Crippen molar-refractivity contribution in [1.82, 2.24) is 10.2 Å². The van der Waals surface area contributed by atoms with Gasteiger partial charge in [-0.1, -0.05) is 0 Å². The largest absolute Gasteiger partial charge is 0.458 e. The van der Waals surface area contributed by atoms with Gasteiger partial charge in [-0.15, -0.1) is 0 Å². The third-order valence-electron chi connectivity index (χ3n) is 3.68. The topological polar surface area (TPSA) is 84.9 Å². The Hall–Kier alpha value is -1.79. The number of ether oxygens (including phenoxy) is 2. The van der Waals surface area contributed by atoms with E-state index in [2.05, 4.69) is 5.32 Å². The zero-order valence-corrected chi connectivity index (χ0v) is 17.4. The Balaban J connectivity index is 2.69. The summed E-state index contributed by atoms with van der Waals surface area (Å²) in [4.78, 5) is 38.6. The van der Waals surface area contributed by atoms with Crippen molar-refractivity contribution in [1.29, 1.82) is 0 Å². The average Bonchev–Trinajstić information content (AvgIpc) is 2.81. The van der Waals surface area contributed by atoms with E-state index in [-0.39, 0.29) is 18.3 Å². The summed E-state index contributed by atoms with van der Waals surface area (Å²) in [5, 5.41) is 2.72. The molecule has 7 nitrogen and oxygen atoms in total. The first-order valence-corrected chi connectivity index (χ1v) is 9.13. The van der Waals surface area contributed by atoms with Crippen molar-refractivity contribution < 1.29 is 23.9 Å². The lowest BCUT2D eigenvalue weighted by Crippen LogP contribution is -2.51. The van der Waals surface area contributed by atoms with Gasteiger partial charge in [-0.2, -0.15) is 0 Å². The molecule has 26 heavy (non-hydrogen) atoms. The van der Waals surface area contributed by atoms with E-state index >= 15 is 0 Å². The Morgan fingerprint density at radius 1 is 0.962 bits per heavy atom. The normalized spacial score (nSPS) is 18.5. The average molecular weight is 370 g/mol. The fourth-order valence-electron chi connectivity index (χ4n) is 2.78. The van der Waals surface area contributed by atoms with Crippen LogP contribution in [0.3, 0.4) is 0 Å². The van der Waals surface area contributed by atoms with Gasteiger partial charge < -0.3 is 19.7 Å². The summed E-state index contributed by atoms with van der Waals surface area (Å²) >= 11 is 0. The molecular formula is C19H34N2O5. The maximum absolute atomic E-state index is 12.7. The van der Waals surface area contributed by atoms with Gasteiger partial charge in [-0.05, 0) is 68.2 Å². The Morgan fingerprint density at radius 2 is 1.50 bits per heavy atom. The summed E-state index contributed by atoms with van der Waals surface area (Å²) in [6, 6.07) is -0.556. The number of likely N-dealkylation sites (tertiary alicyclic amines) is 1. The van der Waals surface area contributed by atoms with Crippen molar-refractivity contribution >= 4 is 18.0 Å². The molecule has 1 aliphatic rings. The van der Waals surface area contributed by atoms with E-state index in [0.717, 1.165) is 6.42 Å². The minimum atomic E-state index is -0.791. The Labute approximate surface area is 156 Å². The maximum Gasteiger partial charge on any atom is 0.408 e. The molecule has 1 fully saturated rings. The van der Waals surface area contributed by atoms with Gasteiger partial charge in [-0.25, -0.2) is 9.59 Å². The summed E-state index contributed by atoms with van der Waals surface area (Å²) in [5.74, 6) is -0.555. The SMILES string of the molecule is CC(C)(CC(=O)N1CCCC1C(=O)OC(C)(C)C)NC(=O)OC(C)(C)C. The first kappa shape index (κ1) is 22.3. The molecule has 0 aliphatic carbocycles. The summed E-state index contributed by atoms with van der Waals surface area (Å²) in [6.07, 6.45) is 0.863. The molecule has 1 atom stereocenters. The fraction of sp³-hybridized carbons (Fsp3) is 0.842. The molecule has 0 spiro atoms. The van der Waals surface area contributed by atoms with Gasteiger partial charge in [0, 0.05) is 18.5 Å². The van der Waals surface area contributed by atoms with Crippen molar-refractivity contribution in [3.8, 4) is 0 Å². The van der Waals surface area contributed by atoms with Crippen molar-refractivity contribution in [2.24, 2.45) is 0 Å². The molecule has 0 aromatic heterocycles. The summed E-state index contributed by atoms with van der Waals surface area (Å²) in [7, 11) is 0. The first-order valence-electron chi connectivity index (χ1n) is 9.13. The predicted octanol–water partition coefficient (Wildman–Crippen LogP) is 3.01. The molecule has 7 heteroatoms. The molecule has 0 bridgehead atoms. The molecular weight excluding hydrogens is 336 g/mol. The van der Waals surface area contributed by atoms with Gasteiger partial charge in [0.25, 0.3) is 0 Å². The first-order chi connectivity index (χ1) is 11.6. The van der Waals surface area contributed by atoms with E-state index in [0.29, 0.717) is 13.0 Å². The Kier molecular flexibility index (Phi) is 6.71. The van der Waals surface area contributed by atoms with Crippen molar-refractivity contribution in [2.75, 3.05) is 6.54 Å². The second-order valence-corrected chi connectivity index (χ2v) is 9.47. The van der Waals surface area contributed by atoms with Gasteiger partial charge >= 0.3 is 12.1 Å². The highest BCUT2D eigenvalue weighted by atomic mass is 16.6. The molecule has 1 aliphatic heterocycles. The number of nitrogens with zero attached hydrogens (tertiary/aromatic N) is 1. The van der Waals surface area contributed by atoms with Crippen molar-refractivity contribution in [3.05, 3.63) is 0 Å². The zero-order chi connectivity index (χ0) is 20.3. The zero-order valence-electron chi connectivity index (χ0n) is 17.4. The highest BCUT2D eigenvalue weighted by Gasteiger charge is 2.39. The molecule has 0 saturated carbocycles. The van der Waals surface area contributed by atoms with Crippen LogP contribution in [0.4, 0.5) is 4.79 Å². The number of esters is 1. The molecule has 1 heterocycles. The van der Waals surface area contributed by atoms with Crippen LogP contribution in [0.5, 0.6) is 0 Å². The maximum atomic E-state index is 12.7. The summed E-state index contributed by atoms with van der Waals surface area (Å²) < 4.78 is 10.7. The number of carbonyl (C=O) groups excluding carboxylic acids is 3. The molecule has 1 saturated heterocycles. The number of hydrogen-bond acceptors (Lipinski definition) is 5. The van der Waals surface area contributed by atoms with E-state index in [1.165, 1.54) is 0 Å². The van der Waals surface area contributed by atoms with E-state index in [1.54, 1.807) is 60.3 Å². The van der Waals surface area contributed by atoms with Crippen LogP contribution in [0.25, 0.3) is 0 Å². The van der Waals surface area contributed by atoms with Gasteiger partial charge in [-0.3, -0.25) is 4.79 Å². The third-order valence-corrected chi connectivity index (χ3v) is 3.68. The smallest absolute Gasteiger partial charge is 0.408 e. The summed E-state index contributed by atoms with van der Waals surface area (Å²) in [5.41, 5.74) is -1.99. The third kappa shape index (κ3) is 7.62.